The Morgan fingerprint density at radius 1 is 0.538 bits per heavy atom. The van der Waals surface area contributed by atoms with Gasteiger partial charge in [-0.1, -0.05) is 36.4 Å². The maximum Gasteiger partial charge on any atom is 0.115 e. The van der Waals surface area contributed by atoms with Crippen LogP contribution in [0.5, 0.6) is 5.75 Å². The van der Waals surface area contributed by atoms with E-state index in [2.05, 4.69) is 58.3 Å². The summed E-state index contributed by atoms with van der Waals surface area (Å²) in [5.74, 6) is 0.418. The molecule has 0 saturated carbocycles. The van der Waals surface area contributed by atoms with Crippen molar-refractivity contribution < 1.29 is 5.11 Å². The van der Waals surface area contributed by atoms with Gasteiger partial charge in [0.15, 0.2) is 0 Å². The smallest absolute Gasteiger partial charge is 0.115 e. The van der Waals surface area contributed by atoms with Gasteiger partial charge in [0.25, 0.3) is 0 Å². The summed E-state index contributed by atoms with van der Waals surface area (Å²) < 4.78 is 0. The minimum Gasteiger partial charge on any atom is -0.508 e. The molecule has 0 spiro atoms. The third-order valence-corrected chi connectivity index (χ3v) is 4.71. The van der Waals surface area contributed by atoms with Gasteiger partial charge in [-0.25, -0.2) is 0 Å². The first kappa shape index (κ1) is 17.9. The van der Waals surface area contributed by atoms with Crippen LogP contribution in [0.2, 0.25) is 0 Å². The van der Waals surface area contributed by atoms with Crippen LogP contribution in [-0.2, 0) is 0 Å². The first-order chi connectivity index (χ1) is 12.5. The normalized spacial score (nSPS) is 10.8. The number of nitrogens with zero attached hydrogens (tertiary/aromatic N) is 2. The Labute approximate surface area is 156 Å². The summed E-state index contributed by atoms with van der Waals surface area (Å²) in [7, 11) is 8.19. The molecule has 0 unspecified atom stereocenters. The highest BCUT2D eigenvalue weighted by atomic mass is 16.3. The molecule has 134 valence electrons. The molecule has 0 amide bonds. The molecule has 0 atom stereocenters. The molecule has 0 aliphatic rings. The predicted octanol–water partition coefficient (Wildman–Crippen LogP) is 4.70. The van der Waals surface area contributed by atoms with E-state index in [1.165, 1.54) is 22.5 Å². The summed E-state index contributed by atoms with van der Waals surface area (Å²) in [6, 6.07) is 24.9. The maximum absolute atomic E-state index is 9.66. The molecule has 3 aromatic carbocycles. The SMILES string of the molecule is CN(C)c1ccc(C(c2ccc(O)cc2)c2ccc(N(C)C)cc2)cc1. The predicted molar refractivity (Wildman–Crippen MR) is 111 cm³/mol. The van der Waals surface area contributed by atoms with Crippen molar-refractivity contribution >= 4 is 11.4 Å². The molecule has 3 heteroatoms. The van der Waals surface area contributed by atoms with E-state index >= 15 is 0 Å². The van der Waals surface area contributed by atoms with Crippen molar-refractivity contribution in [3.05, 3.63) is 89.5 Å². The van der Waals surface area contributed by atoms with Gasteiger partial charge >= 0.3 is 0 Å². The molecule has 0 heterocycles. The molecular weight excluding hydrogens is 320 g/mol. The average Bonchev–Trinajstić information content (AvgIpc) is 2.64. The first-order valence-electron chi connectivity index (χ1n) is 8.79. The van der Waals surface area contributed by atoms with Gasteiger partial charge in [0, 0.05) is 45.5 Å². The van der Waals surface area contributed by atoms with Crippen LogP contribution in [0, 0.1) is 0 Å². The molecule has 0 bridgehead atoms. The molecule has 26 heavy (non-hydrogen) atoms. The summed E-state index contributed by atoms with van der Waals surface area (Å²) in [6.45, 7) is 0. The van der Waals surface area contributed by atoms with E-state index in [9.17, 15) is 5.11 Å². The Kier molecular flexibility index (Phi) is 5.17. The van der Waals surface area contributed by atoms with Crippen molar-refractivity contribution in [2.75, 3.05) is 38.0 Å². The second-order valence-corrected chi connectivity index (χ2v) is 7.00. The van der Waals surface area contributed by atoms with Crippen molar-refractivity contribution in [3.63, 3.8) is 0 Å². The van der Waals surface area contributed by atoms with Gasteiger partial charge in [-0.2, -0.15) is 0 Å². The maximum atomic E-state index is 9.66. The molecule has 3 nitrogen and oxygen atoms in total. The zero-order valence-corrected chi connectivity index (χ0v) is 15.8. The van der Waals surface area contributed by atoms with Crippen LogP contribution >= 0.6 is 0 Å². The third-order valence-electron chi connectivity index (χ3n) is 4.71. The van der Waals surface area contributed by atoms with Crippen LogP contribution in [-0.4, -0.2) is 33.3 Å². The topological polar surface area (TPSA) is 26.7 Å². The standard InChI is InChI=1S/C23H26N2O/c1-24(2)20-11-5-17(6-12-20)23(19-9-15-22(26)16-10-19)18-7-13-21(14-8-18)25(3)4/h5-16,23,26H,1-4H3. The van der Waals surface area contributed by atoms with E-state index in [1.54, 1.807) is 12.1 Å². The second kappa shape index (κ2) is 7.52. The fraction of sp³-hybridized carbons (Fsp3) is 0.217. The Hall–Kier alpha value is -2.94. The van der Waals surface area contributed by atoms with Crippen LogP contribution in [0.15, 0.2) is 72.8 Å². The summed E-state index contributed by atoms with van der Waals surface area (Å²) in [5, 5.41) is 9.66. The molecule has 0 aromatic heterocycles. The lowest BCUT2D eigenvalue weighted by molar-refractivity contribution is 0.475. The first-order valence-corrected chi connectivity index (χ1v) is 8.79. The van der Waals surface area contributed by atoms with Gasteiger partial charge < -0.3 is 14.9 Å². The average molecular weight is 346 g/mol. The highest BCUT2D eigenvalue weighted by Gasteiger charge is 2.17. The van der Waals surface area contributed by atoms with E-state index < -0.39 is 0 Å². The number of aromatic hydroxyl groups is 1. The van der Waals surface area contributed by atoms with Crippen molar-refractivity contribution in [2.45, 2.75) is 5.92 Å². The molecule has 0 fully saturated rings. The summed E-state index contributed by atoms with van der Waals surface area (Å²) in [6.07, 6.45) is 0. The number of benzene rings is 3. The molecule has 0 aliphatic heterocycles. The molecule has 3 rings (SSSR count). The van der Waals surface area contributed by atoms with Crippen molar-refractivity contribution in [2.24, 2.45) is 0 Å². The van der Waals surface area contributed by atoms with Gasteiger partial charge in [0.1, 0.15) is 5.75 Å². The zero-order valence-electron chi connectivity index (χ0n) is 15.8. The molecule has 0 saturated heterocycles. The van der Waals surface area contributed by atoms with Crippen molar-refractivity contribution in [1.82, 2.24) is 0 Å². The zero-order chi connectivity index (χ0) is 18.7. The minimum atomic E-state index is 0.128. The number of anilines is 2. The highest BCUT2D eigenvalue weighted by Crippen LogP contribution is 2.34. The Morgan fingerprint density at radius 2 is 0.846 bits per heavy atom. The highest BCUT2D eigenvalue weighted by molar-refractivity contribution is 5.53. The third kappa shape index (κ3) is 3.83. The van der Waals surface area contributed by atoms with Crippen LogP contribution in [0.4, 0.5) is 11.4 Å². The number of phenols is 1. The van der Waals surface area contributed by atoms with E-state index in [0.717, 1.165) is 5.56 Å². The number of hydrogen-bond donors (Lipinski definition) is 1. The lowest BCUT2D eigenvalue weighted by Crippen LogP contribution is -2.10. The Morgan fingerprint density at radius 3 is 1.15 bits per heavy atom. The van der Waals surface area contributed by atoms with E-state index in [0.29, 0.717) is 5.75 Å². The lowest BCUT2D eigenvalue weighted by atomic mass is 9.85. The van der Waals surface area contributed by atoms with Crippen molar-refractivity contribution in [1.29, 1.82) is 0 Å². The Bertz CT molecular complexity index is 783. The number of phenolic OH excluding ortho intramolecular Hbond substituents is 1. The van der Waals surface area contributed by atoms with E-state index in [1.807, 2.05) is 40.3 Å². The van der Waals surface area contributed by atoms with Crippen molar-refractivity contribution in [3.8, 4) is 5.75 Å². The fourth-order valence-corrected chi connectivity index (χ4v) is 3.17. The van der Waals surface area contributed by atoms with Gasteiger partial charge in [0.05, 0.1) is 0 Å². The largest absolute Gasteiger partial charge is 0.508 e. The number of hydrogen-bond acceptors (Lipinski definition) is 3. The fourth-order valence-electron chi connectivity index (χ4n) is 3.17. The summed E-state index contributed by atoms with van der Waals surface area (Å²) >= 11 is 0. The Balaban J connectivity index is 2.05. The van der Waals surface area contributed by atoms with Crippen LogP contribution in [0.3, 0.4) is 0 Å². The quantitative estimate of drug-likeness (QED) is 0.678. The summed E-state index contributed by atoms with van der Waals surface area (Å²) in [4.78, 5) is 4.20. The van der Waals surface area contributed by atoms with Gasteiger partial charge in [-0.15, -0.1) is 0 Å². The van der Waals surface area contributed by atoms with E-state index in [4.69, 9.17) is 0 Å². The van der Waals surface area contributed by atoms with E-state index in [-0.39, 0.29) is 5.92 Å². The molecular formula is C23H26N2O. The summed E-state index contributed by atoms with van der Waals surface area (Å²) in [5.41, 5.74) is 6.00. The number of rotatable bonds is 5. The van der Waals surface area contributed by atoms with Crippen LogP contribution in [0.25, 0.3) is 0 Å². The monoisotopic (exact) mass is 346 g/mol. The minimum absolute atomic E-state index is 0.128. The van der Waals surface area contributed by atoms with Gasteiger partial charge in [-0.05, 0) is 53.1 Å². The lowest BCUT2D eigenvalue weighted by Gasteiger charge is -2.21. The molecule has 0 radical (unpaired) electrons. The van der Waals surface area contributed by atoms with Gasteiger partial charge in [0.2, 0.25) is 0 Å². The second-order valence-electron chi connectivity index (χ2n) is 7.00. The molecule has 1 N–H and O–H groups in total. The molecule has 3 aromatic rings. The molecule has 0 aliphatic carbocycles. The van der Waals surface area contributed by atoms with Gasteiger partial charge in [-0.3, -0.25) is 0 Å². The van der Waals surface area contributed by atoms with Crippen LogP contribution in [0.1, 0.15) is 22.6 Å². The van der Waals surface area contributed by atoms with Crippen LogP contribution < -0.4 is 9.80 Å².